The van der Waals surface area contributed by atoms with Gasteiger partial charge < -0.3 is 14.7 Å². The molecule has 0 aromatic rings. The maximum atomic E-state index is 11.6. The Morgan fingerprint density at radius 1 is 1.29 bits per heavy atom. The van der Waals surface area contributed by atoms with Gasteiger partial charge >= 0.3 is 12.1 Å². The van der Waals surface area contributed by atoms with Crippen LogP contribution in [0, 0.1) is 5.92 Å². The Balaban J connectivity index is 1.96. The van der Waals surface area contributed by atoms with Crippen LogP contribution in [0.1, 0.15) is 32.6 Å². The van der Waals surface area contributed by atoms with Crippen LogP contribution in [-0.4, -0.2) is 41.0 Å². The number of carboxylic acid groups (broad SMARTS) is 1. The fourth-order valence-corrected chi connectivity index (χ4v) is 2.83. The van der Waals surface area contributed by atoms with Crippen LogP contribution < -0.4 is 0 Å². The molecule has 2 atom stereocenters. The number of rotatable bonds is 3. The van der Waals surface area contributed by atoms with E-state index in [2.05, 4.69) is 0 Å². The summed E-state index contributed by atoms with van der Waals surface area (Å²) in [6.45, 7) is 2.18. The van der Waals surface area contributed by atoms with E-state index in [1.54, 1.807) is 6.92 Å². The zero-order valence-corrected chi connectivity index (χ0v) is 9.80. The van der Waals surface area contributed by atoms with Crippen molar-refractivity contribution in [2.24, 2.45) is 5.92 Å². The third kappa shape index (κ3) is 2.52. The molecular weight excluding hydrogens is 226 g/mol. The lowest BCUT2D eigenvalue weighted by atomic mass is 9.92. The molecule has 2 fully saturated rings. The Kier molecular flexibility index (Phi) is 3.51. The first-order chi connectivity index (χ1) is 8.11. The summed E-state index contributed by atoms with van der Waals surface area (Å²) >= 11 is 0. The molecule has 2 heterocycles. The lowest BCUT2D eigenvalue weighted by molar-refractivity contribution is -0.182. The van der Waals surface area contributed by atoms with Crippen LogP contribution in [0.15, 0.2) is 0 Å². The number of carbonyl (C=O) groups excluding carboxylic acids is 1. The molecule has 2 unspecified atom stereocenters. The molecule has 2 aliphatic rings. The average Bonchev–Trinajstić information content (AvgIpc) is 2.51. The first kappa shape index (κ1) is 12.2. The first-order valence-electron chi connectivity index (χ1n) is 5.97. The summed E-state index contributed by atoms with van der Waals surface area (Å²) in [5, 5.41) is 10.2. The molecule has 96 valence electrons. The van der Waals surface area contributed by atoms with Gasteiger partial charge in [-0.15, -0.1) is 5.06 Å². The second-order valence-electron chi connectivity index (χ2n) is 4.52. The number of carbonyl (C=O) groups is 2. The van der Waals surface area contributed by atoms with Gasteiger partial charge in [0.25, 0.3) is 0 Å². The molecule has 0 aromatic carbocycles. The number of ether oxygens (including phenoxy) is 1. The van der Waals surface area contributed by atoms with Gasteiger partial charge in [0.05, 0.1) is 12.5 Å². The Morgan fingerprint density at radius 3 is 2.35 bits per heavy atom. The lowest BCUT2D eigenvalue weighted by Crippen LogP contribution is -2.45. The Morgan fingerprint density at radius 2 is 1.88 bits per heavy atom. The highest BCUT2D eigenvalue weighted by molar-refractivity contribution is 5.72. The second-order valence-corrected chi connectivity index (χ2v) is 4.52. The predicted molar refractivity (Wildman–Crippen MR) is 57.1 cm³/mol. The molecular formula is C11H17NO5. The summed E-state index contributed by atoms with van der Waals surface area (Å²) in [4.78, 5) is 27.0. The molecule has 0 amide bonds. The van der Waals surface area contributed by atoms with E-state index in [9.17, 15) is 9.59 Å². The van der Waals surface area contributed by atoms with E-state index in [4.69, 9.17) is 14.7 Å². The number of hydroxylamine groups is 2. The average molecular weight is 243 g/mol. The topological polar surface area (TPSA) is 76.1 Å². The fourth-order valence-electron chi connectivity index (χ4n) is 2.83. The van der Waals surface area contributed by atoms with E-state index in [1.807, 2.05) is 0 Å². The molecule has 17 heavy (non-hydrogen) atoms. The van der Waals surface area contributed by atoms with Crippen LogP contribution in [0.3, 0.4) is 0 Å². The van der Waals surface area contributed by atoms with Crippen molar-refractivity contribution < 1.29 is 24.3 Å². The van der Waals surface area contributed by atoms with E-state index in [-0.39, 0.29) is 24.0 Å². The van der Waals surface area contributed by atoms with Crippen LogP contribution >= 0.6 is 0 Å². The highest BCUT2D eigenvalue weighted by Crippen LogP contribution is 2.39. The summed E-state index contributed by atoms with van der Waals surface area (Å²) in [5.74, 6) is -0.277. The van der Waals surface area contributed by atoms with Crippen molar-refractivity contribution in [2.75, 3.05) is 6.61 Å². The summed E-state index contributed by atoms with van der Waals surface area (Å²) in [7, 11) is 0. The largest absolute Gasteiger partial charge is 0.525 e. The van der Waals surface area contributed by atoms with E-state index >= 15 is 0 Å². The van der Waals surface area contributed by atoms with Crippen molar-refractivity contribution in [1.82, 2.24) is 5.06 Å². The van der Waals surface area contributed by atoms with Gasteiger partial charge in [0, 0.05) is 12.1 Å². The fraction of sp³-hybridized carbons (Fsp3) is 0.818. The van der Waals surface area contributed by atoms with Gasteiger partial charge in [0.2, 0.25) is 0 Å². The summed E-state index contributed by atoms with van der Waals surface area (Å²) < 4.78 is 5.01. The van der Waals surface area contributed by atoms with Crippen LogP contribution in [0.25, 0.3) is 0 Å². The minimum Gasteiger partial charge on any atom is -0.466 e. The van der Waals surface area contributed by atoms with Gasteiger partial charge in [-0.3, -0.25) is 4.79 Å². The zero-order valence-electron chi connectivity index (χ0n) is 9.80. The van der Waals surface area contributed by atoms with Gasteiger partial charge in [0.1, 0.15) is 0 Å². The number of fused-ring (bicyclic) bond motifs is 2. The molecule has 6 nitrogen and oxygen atoms in total. The van der Waals surface area contributed by atoms with E-state index in [0.717, 1.165) is 12.8 Å². The van der Waals surface area contributed by atoms with Crippen molar-refractivity contribution >= 4 is 12.1 Å². The second kappa shape index (κ2) is 4.91. The first-order valence-corrected chi connectivity index (χ1v) is 5.97. The third-order valence-electron chi connectivity index (χ3n) is 3.47. The predicted octanol–water partition coefficient (Wildman–Crippen LogP) is 1.40. The van der Waals surface area contributed by atoms with Crippen LogP contribution in [-0.2, 0) is 14.4 Å². The van der Waals surface area contributed by atoms with Crippen molar-refractivity contribution in [3.05, 3.63) is 0 Å². The molecule has 2 rings (SSSR count). The molecule has 0 spiro atoms. The van der Waals surface area contributed by atoms with E-state index in [1.165, 1.54) is 5.06 Å². The molecule has 0 aliphatic carbocycles. The standard InChI is InChI=1S/C11H17NO5/c1-2-16-10(13)7-5-8-3-4-9(6-7)12(8)17-11(14)15/h7-9H,2-6H2,1H3,(H,14,15). The maximum absolute atomic E-state index is 11.6. The van der Waals surface area contributed by atoms with Gasteiger partial charge in [0.15, 0.2) is 0 Å². The monoisotopic (exact) mass is 243 g/mol. The summed E-state index contributed by atoms with van der Waals surface area (Å²) in [6.07, 6.45) is 1.74. The van der Waals surface area contributed by atoms with Gasteiger partial charge in [-0.2, -0.15) is 0 Å². The van der Waals surface area contributed by atoms with E-state index in [0.29, 0.717) is 19.4 Å². The number of hydrogen-bond acceptors (Lipinski definition) is 5. The van der Waals surface area contributed by atoms with Gasteiger partial charge in [-0.25, -0.2) is 4.79 Å². The maximum Gasteiger partial charge on any atom is 0.525 e. The Hall–Kier alpha value is -1.30. The molecule has 2 saturated heterocycles. The minimum atomic E-state index is -1.28. The summed E-state index contributed by atoms with van der Waals surface area (Å²) in [5.41, 5.74) is 0. The normalized spacial score (nSPS) is 32.2. The summed E-state index contributed by atoms with van der Waals surface area (Å²) in [6, 6.07) is 0.0542. The van der Waals surface area contributed by atoms with Crippen molar-refractivity contribution in [1.29, 1.82) is 0 Å². The quantitative estimate of drug-likeness (QED) is 0.755. The van der Waals surface area contributed by atoms with Gasteiger partial charge in [-0.05, 0) is 32.6 Å². The number of esters is 1. The smallest absolute Gasteiger partial charge is 0.466 e. The van der Waals surface area contributed by atoms with E-state index < -0.39 is 6.16 Å². The highest BCUT2D eigenvalue weighted by atomic mass is 16.8. The van der Waals surface area contributed by atoms with Gasteiger partial charge in [-0.1, -0.05) is 0 Å². The van der Waals surface area contributed by atoms with Crippen LogP contribution in [0.4, 0.5) is 4.79 Å². The Labute approximate surface area is 99.4 Å². The molecule has 0 aromatic heterocycles. The number of hydrogen-bond donors (Lipinski definition) is 1. The molecule has 2 bridgehead atoms. The minimum absolute atomic E-state index is 0.0271. The molecule has 0 radical (unpaired) electrons. The molecule has 1 N–H and O–H groups in total. The highest BCUT2D eigenvalue weighted by Gasteiger charge is 2.45. The molecule has 6 heteroatoms. The Bertz CT molecular complexity index is 305. The van der Waals surface area contributed by atoms with Crippen molar-refractivity contribution in [3.63, 3.8) is 0 Å². The van der Waals surface area contributed by atoms with Crippen molar-refractivity contribution in [2.45, 2.75) is 44.7 Å². The number of nitrogens with zero attached hydrogens (tertiary/aromatic N) is 1. The third-order valence-corrected chi connectivity index (χ3v) is 3.47. The number of piperidine rings is 1. The SMILES string of the molecule is CCOC(=O)C1CC2CCC(C1)N2OC(=O)O. The van der Waals surface area contributed by atoms with Crippen LogP contribution in [0.5, 0.6) is 0 Å². The van der Waals surface area contributed by atoms with Crippen molar-refractivity contribution in [3.8, 4) is 0 Å². The zero-order chi connectivity index (χ0) is 12.4. The molecule has 0 saturated carbocycles. The van der Waals surface area contributed by atoms with Crippen LogP contribution in [0.2, 0.25) is 0 Å². The lowest BCUT2D eigenvalue weighted by Gasteiger charge is -2.35. The molecule has 2 aliphatic heterocycles.